The largest absolute Gasteiger partial charge is 0.311 e. The lowest BCUT2D eigenvalue weighted by Gasteiger charge is -2.30. The van der Waals surface area contributed by atoms with Crippen LogP contribution in [0.5, 0.6) is 0 Å². The molecule has 0 spiro atoms. The van der Waals surface area contributed by atoms with E-state index >= 15 is 0 Å². The molecule has 3 aromatic carbocycles. The monoisotopic (exact) mass is 438 g/mol. The Morgan fingerprint density at radius 1 is 0.935 bits per heavy atom. The van der Waals surface area contributed by atoms with Crippen LogP contribution in [0, 0.1) is 17.6 Å². The maximum atomic E-state index is 14.0. The number of rotatable bonds is 4. The first-order valence-corrected chi connectivity index (χ1v) is 10.7. The average molecular weight is 439 g/mol. The highest BCUT2D eigenvalue weighted by Crippen LogP contribution is 2.46. The molecule has 0 aromatic heterocycles. The molecule has 0 N–H and O–H groups in total. The summed E-state index contributed by atoms with van der Waals surface area (Å²) in [5.74, 6) is -1.61. The van der Waals surface area contributed by atoms with Gasteiger partial charge in [0.1, 0.15) is 0 Å². The second kappa shape index (κ2) is 8.06. The molecular formula is C25H21ClF2N2O. The Morgan fingerprint density at radius 3 is 2.42 bits per heavy atom. The van der Waals surface area contributed by atoms with Gasteiger partial charge in [-0.15, -0.1) is 0 Å². The number of carbonyl (C=O) groups excluding carboxylic acids is 1. The number of carbonyl (C=O) groups is 1. The Kier molecular flexibility index (Phi) is 5.24. The van der Waals surface area contributed by atoms with Crippen molar-refractivity contribution in [3.8, 4) is 0 Å². The van der Waals surface area contributed by atoms with Crippen LogP contribution in [0.25, 0.3) is 0 Å². The minimum Gasteiger partial charge on any atom is -0.311 e. The van der Waals surface area contributed by atoms with Crippen LogP contribution in [0.1, 0.15) is 23.6 Å². The fraction of sp³-hybridized carbons (Fsp3) is 0.240. The van der Waals surface area contributed by atoms with Gasteiger partial charge >= 0.3 is 0 Å². The van der Waals surface area contributed by atoms with Crippen molar-refractivity contribution >= 4 is 23.2 Å². The standard InChI is InChI=1S/C25H21ClF2N2O/c26-20-9-5-4-6-17(20)14-30-23(16-10-11-21(27)22(28)12-16)13-18-15-29(25(31)24(18)30)19-7-2-1-3-8-19/h1-12,18,23-24H,13-15H2/t18-,23-,24-/m1/s1. The number of halogens is 3. The van der Waals surface area contributed by atoms with E-state index in [-0.39, 0.29) is 23.9 Å². The van der Waals surface area contributed by atoms with Gasteiger partial charge in [-0.2, -0.15) is 0 Å². The van der Waals surface area contributed by atoms with E-state index in [0.717, 1.165) is 17.3 Å². The van der Waals surface area contributed by atoms with Crippen molar-refractivity contribution in [2.45, 2.75) is 25.0 Å². The van der Waals surface area contributed by atoms with Gasteiger partial charge in [-0.1, -0.05) is 54.1 Å². The van der Waals surface area contributed by atoms with E-state index < -0.39 is 11.6 Å². The summed E-state index contributed by atoms with van der Waals surface area (Å²) < 4.78 is 27.6. The quantitative estimate of drug-likeness (QED) is 0.529. The number of fused-ring (bicyclic) bond motifs is 1. The molecule has 0 saturated carbocycles. The van der Waals surface area contributed by atoms with Gasteiger partial charge in [0.15, 0.2) is 11.6 Å². The van der Waals surface area contributed by atoms with Crippen LogP contribution >= 0.6 is 11.6 Å². The zero-order valence-electron chi connectivity index (χ0n) is 16.7. The average Bonchev–Trinajstić information content (AvgIpc) is 3.29. The Morgan fingerprint density at radius 2 is 1.68 bits per heavy atom. The Labute approximate surface area is 184 Å². The van der Waals surface area contributed by atoms with Gasteiger partial charge in [0.2, 0.25) is 5.91 Å². The molecule has 3 nitrogen and oxygen atoms in total. The molecule has 6 heteroatoms. The van der Waals surface area contributed by atoms with Gasteiger partial charge in [0.05, 0.1) is 6.04 Å². The summed E-state index contributed by atoms with van der Waals surface area (Å²) in [7, 11) is 0. The number of likely N-dealkylation sites (tertiary alicyclic amines) is 1. The minimum absolute atomic E-state index is 0.0355. The highest BCUT2D eigenvalue weighted by atomic mass is 35.5. The van der Waals surface area contributed by atoms with Crippen molar-refractivity contribution in [3.05, 3.63) is 101 Å². The molecule has 2 fully saturated rings. The first-order valence-electron chi connectivity index (χ1n) is 10.3. The Hall–Kier alpha value is -2.76. The molecule has 5 rings (SSSR count). The second-order valence-electron chi connectivity index (χ2n) is 8.18. The summed E-state index contributed by atoms with van der Waals surface area (Å²) in [6.07, 6.45) is 0.690. The molecule has 0 bridgehead atoms. The molecule has 31 heavy (non-hydrogen) atoms. The number of anilines is 1. The van der Waals surface area contributed by atoms with Crippen molar-refractivity contribution in [2.75, 3.05) is 11.4 Å². The highest BCUT2D eigenvalue weighted by Gasteiger charge is 2.52. The summed E-state index contributed by atoms with van der Waals surface area (Å²) in [5, 5.41) is 0.625. The fourth-order valence-electron chi connectivity index (χ4n) is 4.94. The van der Waals surface area contributed by atoms with Crippen molar-refractivity contribution in [2.24, 2.45) is 5.92 Å². The van der Waals surface area contributed by atoms with Gasteiger partial charge in [0.25, 0.3) is 0 Å². The number of hydrogen-bond acceptors (Lipinski definition) is 2. The number of amides is 1. The van der Waals surface area contributed by atoms with Crippen LogP contribution in [0.3, 0.4) is 0 Å². The molecule has 158 valence electrons. The van der Waals surface area contributed by atoms with Crippen LogP contribution in [0.15, 0.2) is 72.8 Å². The van der Waals surface area contributed by atoms with E-state index in [0.29, 0.717) is 30.1 Å². The van der Waals surface area contributed by atoms with E-state index in [2.05, 4.69) is 4.90 Å². The van der Waals surface area contributed by atoms with Gasteiger partial charge in [-0.25, -0.2) is 8.78 Å². The van der Waals surface area contributed by atoms with E-state index in [1.807, 2.05) is 59.5 Å². The van der Waals surface area contributed by atoms with Crippen LogP contribution in [-0.4, -0.2) is 23.4 Å². The van der Waals surface area contributed by atoms with Crippen LogP contribution < -0.4 is 4.90 Å². The summed E-state index contributed by atoms with van der Waals surface area (Å²) in [4.78, 5) is 17.4. The maximum Gasteiger partial charge on any atom is 0.244 e. The lowest BCUT2D eigenvalue weighted by molar-refractivity contribution is -0.122. The lowest BCUT2D eigenvalue weighted by atomic mass is 9.98. The smallest absolute Gasteiger partial charge is 0.244 e. The first-order chi connectivity index (χ1) is 15.0. The number of benzene rings is 3. The lowest BCUT2D eigenvalue weighted by Crippen LogP contribution is -2.41. The van der Waals surface area contributed by atoms with Gasteiger partial charge < -0.3 is 4.90 Å². The third-order valence-electron chi connectivity index (χ3n) is 6.37. The number of nitrogens with zero attached hydrogens (tertiary/aromatic N) is 2. The van der Waals surface area contributed by atoms with E-state index in [9.17, 15) is 13.6 Å². The molecule has 0 aliphatic carbocycles. The minimum atomic E-state index is -0.871. The summed E-state index contributed by atoms with van der Waals surface area (Å²) >= 11 is 6.41. The SMILES string of the molecule is O=C1[C@H]2[C@H](C[C@H](c3ccc(F)c(F)c3)N2Cc2ccccc2Cl)CN1c1ccccc1. The maximum absolute atomic E-state index is 14.0. The fourth-order valence-corrected chi connectivity index (χ4v) is 5.13. The van der Waals surface area contributed by atoms with Crippen LogP contribution in [0.2, 0.25) is 5.02 Å². The second-order valence-corrected chi connectivity index (χ2v) is 8.59. The number of hydrogen-bond donors (Lipinski definition) is 0. The molecule has 3 aromatic rings. The molecule has 2 heterocycles. The van der Waals surface area contributed by atoms with E-state index in [4.69, 9.17) is 11.6 Å². The van der Waals surface area contributed by atoms with Crippen LogP contribution in [-0.2, 0) is 11.3 Å². The highest BCUT2D eigenvalue weighted by molar-refractivity contribution is 6.31. The summed E-state index contributed by atoms with van der Waals surface area (Å²) in [6, 6.07) is 20.7. The zero-order valence-corrected chi connectivity index (χ0v) is 17.5. The van der Waals surface area contributed by atoms with Gasteiger partial charge in [0, 0.05) is 35.8 Å². The summed E-state index contributed by atoms with van der Waals surface area (Å²) in [5.41, 5.74) is 2.46. The Balaban J connectivity index is 1.51. The third-order valence-corrected chi connectivity index (χ3v) is 6.74. The predicted molar refractivity (Wildman–Crippen MR) is 117 cm³/mol. The van der Waals surface area contributed by atoms with E-state index in [1.54, 1.807) is 6.07 Å². The van der Waals surface area contributed by atoms with Crippen molar-refractivity contribution in [3.63, 3.8) is 0 Å². The van der Waals surface area contributed by atoms with Gasteiger partial charge in [-0.05, 0) is 47.9 Å². The zero-order chi connectivity index (χ0) is 21.5. The number of para-hydroxylation sites is 1. The van der Waals surface area contributed by atoms with Gasteiger partial charge in [-0.3, -0.25) is 9.69 Å². The Bertz CT molecular complexity index is 1120. The molecule has 0 radical (unpaired) electrons. The van der Waals surface area contributed by atoms with E-state index in [1.165, 1.54) is 6.07 Å². The molecule has 1 amide bonds. The molecule has 0 unspecified atom stereocenters. The summed E-state index contributed by atoms with van der Waals surface area (Å²) in [6.45, 7) is 1.06. The topological polar surface area (TPSA) is 23.6 Å². The predicted octanol–water partition coefficient (Wildman–Crippen LogP) is 5.60. The molecular weight excluding hydrogens is 418 g/mol. The first kappa shape index (κ1) is 20.2. The van der Waals surface area contributed by atoms with Crippen molar-refractivity contribution in [1.29, 1.82) is 0 Å². The molecule has 2 aliphatic rings. The van der Waals surface area contributed by atoms with Crippen LogP contribution in [0.4, 0.5) is 14.5 Å². The third kappa shape index (κ3) is 3.62. The molecule has 2 aliphatic heterocycles. The molecule has 2 saturated heterocycles. The van der Waals surface area contributed by atoms with Crippen molar-refractivity contribution < 1.29 is 13.6 Å². The van der Waals surface area contributed by atoms with Crippen molar-refractivity contribution in [1.82, 2.24) is 4.90 Å². The normalized spacial score (nSPS) is 23.4. The molecule has 3 atom stereocenters.